The molecule has 27 heavy (non-hydrogen) atoms. The molecule has 1 aromatic rings. The lowest BCUT2D eigenvalue weighted by atomic mass is 9.96. The summed E-state index contributed by atoms with van der Waals surface area (Å²) >= 11 is 3.61. The third kappa shape index (κ3) is 4.97. The number of benzene rings is 1. The SMILES string of the molecule is CN=C(NCC1(c2cccc(Br)c2)CC1)N1CCC(N2CCOCC2)C1.I. The Kier molecular flexibility index (Phi) is 7.44. The van der Waals surface area contributed by atoms with Crippen LogP contribution in [0.4, 0.5) is 0 Å². The van der Waals surface area contributed by atoms with Gasteiger partial charge in [0.15, 0.2) is 5.96 Å². The number of aliphatic imine (C=N–C) groups is 1. The largest absolute Gasteiger partial charge is 0.379 e. The third-order valence-corrected chi connectivity index (χ3v) is 6.61. The van der Waals surface area contributed by atoms with Crippen LogP contribution in [-0.2, 0) is 10.2 Å². The molecular weight excluding hydrogens is 519 g/mol. The van der Waals surface area contributed by atoms with E-state index in [4.69, 9.17) is 4.74 Å². The first kappa shape index (κ1) is 21.3. The van der Waals surface area contributed by atoms with E-state index in [1.807, 2.05) is 7.05 Å². The number of halogens is 2. The second kappa shape index (κ2) is 9.41. The number of hydrogen-bond acceptors (Lipinski definition) is 3. The molecule has 1 aromatic carbocycles. The molecule has 2 aliphatic heterocycles. The van der Waals surface area contributed by atoms with Crippen molar-refractivity contribution in [3.05, 3.63) is 34.3 Å². The first-order valence-electron chi connectivity index (χ1n) is 9.74. The van der Waals surface area contributed by atoms with Gasteiger partial charge in [0, 0.05) is 55.7 Å². The van der Waals surface area contributed by atoms with Crippen molar-refractivity contribution in [1.29, 1.82) is 0 Å². The molecular formula is C20H30BrIN4O. The lowest BCUT2D eigenvalue weighted by molar-refractivity contribution is 0.0195. The number of rotatable bonds is 4. The maximum atomic E-state index is 5.49. The van der Waals surface area contributed by atoms with Crippen LogP contribution < -0.4 is 5.32 Å². The van der Waals surface area contributed by atoms with Crippen LogP contribution in [0, 0.1) is 0 Å². The Morgan fingerprint density at radius 1 is 1.30 bits per heavy atom. The molecule has 4 rings (SSSR count). The average Bonchev–Trinajstić information content (AvgIpc) is 3.31. The smallest absolute Gasteiger partial charge is 0.193 e. The van der Waals surface area contributed by atoms with Crippen LogP contribution in [0.1, 0.15) is 24.8 Å². The summed E-state index contributed by atoms with van der Waals surface area (Å²) in [5, 5.41) is 3.67. The molecule has 3 fully saturated rings. The van der Waals surface area contributed by atoms with Gasteiger partial charge in [-0.05, 0) is 37.0 Å². The molecule has 0 bridgehead atoms. The number of nitrogens with zero attached hydrogens (tertiary/aromatic N) is 3. The van der Waals surface area contributed by atoms with Crippen molar-refractivity contribution in [2.24, 2.45) is 4.99 Å². The van der Waals surface area contributed by atoms with Gasteiger partial charge in [-0.2, -0.15) is 0 Å². The average molecular weight is 549 g/mol. The van der Waals surface area contributed by atoms with Gasteiger partial charge in [-0.25, -0.2) is 0 Å². The molecule has 0 amide bonds. The fourth-order valence-corrected chi connectivity index (χ4v) is 4.69. The van der Waals surface area contributed by atoms with Crippen LogP contribution >= 0.6 is 39.9 Å². The summed E-state index contributed by atoms with van der Waals surface area (Å²) in [6.45, 7) is 7.01. The third-order valence-electron chi connectivity index (χ3n) is 6.11. The molecule has 1 saturated carbocycles. The lowest BCUT2D eigenvalue weighted by Gasteiger charge is -2.32. The molecule has 0 radical (unpaired) electrons. The summed E-state index contributed by atoms with van der Waals surface area (Å²) in [7, 11) is 1.91. The maximum absolute atomic E-state index is 5.49. The maximum Gasteiger partial charge on any atom is 0.193 e. The Balaban J connectivity index is 0.00000210. The molecule has 1 N–H and O–H groups in total. The molecule has 0 aromatic heterocycles. The topological polar surface area (TPSA) is 40.1 Å². The van der Waals surface area contributed by atoms with Crippen molar-refractivity contribution >= 4 is 45.9 Å². The summed E-state index contributed by atoms with van der Waals surface area (Å²) < 4.78 is 6.66. The Morgan fingerprint density at radius 2 is 2.07 bits per heavy atom. The second-order valence-electron chi connectivity index (χ2n) is 7.73. The van der Waals surface area contributed by atoms with E-state index in [1.54, 1.807) is 0 Å². The van der Waals surface area contributed by atoms with E-state index in [2.05, 4.69) is 60.3 Å². The zero-order chi connectivity index (χ0) is 18.0. The zero-order valence-corrected chi connectivity index (χ0v) is 19.9. The van der Waals surface area contributed by atoms with Gasteiger partial charge in [0.1, 0.15) is 0 Å². The van der Waals surface area contributed by atoms with E-state index in [0.717, 1.165) is 51.9 Å². The van der Waals surface area contributed by atoms with E-state index < -0.39 is 0 Å². The van der Waals surface area contributed by atoms with Gasteiger partial charge in [0.25, 0.3) is 0 Å². The highest BCUT2D eigenvalue weighted by Gasteiger charge is 2.44. The van der Waals surface area contributed by atoms with E-state index in [9.17, 15) is 0 Å². The fourth-order valence-electron chi connectivity index (χ4n) is 4.29. The van der Waals surface area contributed by atoms with Crippen molar-refractivity contribution in [2.45, 2.75) is 30.7 Å². The highest BCUT2D eigenvalue weighted by Crippen LogP contribution is 2.48. The van der Waals surface area contributed by atoms with Crippen molar-refractivity contribution in [3.63, 3.8) is 0 Å². The predicted octanol–water partition coefficient (Wildman–Crippen LogP) is 3.08. The van der Waals surface area contributed by atoms with Gasteiger partial charge in [-0.15, -0.1) is 24.0 Å². The molecule has 7 heteroatoms. The van der Waals surface area contributed by atoms with Crippen molar-refractivity contribution in [3.8, 4) is 0 Å². The molecule has 1 atom stereocenters. The Morgan fingerprint density at radius 3 is 2.74 bits per heavy atom. The van der Waals surface area contributed by atoms with Gasteiger partial charge < -0.3 is 15.0 Å². The summed E-state index contributed by atoms with van der Waals surface area (Å²) in [5.74, 6) is 1.06. The van der Waals surface area contributed by atoms with Crippen LogP contribution in [0.3, 0.4) is 0 Å². The number of ether oxygens (including phenoxy) is 1. The van der Waals surface area contributed by atoms with Gasteiger partial charge in [-0.1, -0.05) is 28.1 Å². The number of hydrogen-bond donors (Lipinski definition) is 1. The van der Waals surface area contributed by atoms with Gasteiger partial charge in [-0.3, -0.25) is 9.89 Å². The van der Waals surface area contributed by atoms with Gasteiger partial charge >= 0.3 is 0 Å². The molecule has 1 unspecified atom stereocenters. The van der Waals surface area contributed by atoms with Gasteiger partial charge in [0.2, 0.25) is 0 Å². The highest BCUT2D eigenvalue weighted by atomic mass is 127. The lowest BCUT2D eigenvalue weighted by Crippen LogP contribution is -2.47. The Hall–Kier alpha value is -0.380. The van der Waals surface area contributed by atoms with E-state index in [1.165, 1.54) is 29.3 Å². The van der Waals surface area contributed by atoms with Crippen LogP contribution in [0.25, 0.3) is 0 Å². The fraction of sp³-hybridized carbons (Fsp3) is 0.650. The van der Waals surface area contributed by atoms with Crippen LogP contribution in [0.2, 0.25) is 0 Å². The minimum absolute atomic E-state index is 0. The second-order valence-corrected chi connectivity index (χ2v) is 8.64. The molecule has 1 aliphatic carbocycles. The van der Waals surface area contributed by atoms with Crippen molar-refractivity contribution < 1.29 is 4.74 Å². The minimum Gasteiger partial charge on any atom is -0.379 e. The quantitative estimate of drug-likeness (QED) is 0.357. The van der Waals surface area contributed by atoms with E-state index in [0.29, 0.717) is 6.04 Å². The molecule has 5 nitrogen and oxygen atoms in total. The first-order valence-corrected chi connectivity index (χ1v) is 10.5. The number of likely N-dealkylation sites (tertiary alicyclic amines) is 1. The summed E-state index contributed by atoms with van der Waals surface area (Å²) in [4.78, 5) is 9.58. The van der Waals surface area contributed by atoms with Crippen molar-refractivity contribution in [2.75, 3.05) is 53.0 Å². The van der Waals surface area contributed by atoms with Crippen molar-refractivity contribution in [1.82, 2.24) is 15.1 Å². The summed E-state index contributed by atoms with van der Waals surface area (Å²) in [5.41, 5.74) is 1.71. The van der Waals surface area contributed by atoms with Crippen LogP contribution in [0.15, 0.2) is 33.7 Å². The normalized spacial score (nSPS) is 25.2. The first-order chi connectivity index (χ1) is 12.7. The van der Waals surface area contributed by atoms with Crippen LogP contribution in [-0.4, -0.2) is 74.8 Å². The predicted molar refractivity (Wildman–Crippen MR) is 124 cm³/mol. The Bertz CT molecular complexity index is 661. The molecule has 3 aliphatic rings. The highest BCUT2D eigenvalue weighted by molar-refractivity contribution is 14.0. The number of nitrogens with one attached hydrogen (secondary N) is 1. The monoisotopic (exact) mass is 548 g/mol. The number of morpholine rings is 1. The summed E-state index contributed by atoms with van der Waals surface area (Å²) in [6, 6.07) is 9.40. The van der Waals surface area contributed by atoms with E-state index in [-0.39, 0.29) is 29.4 Å². The standard InChI is InChI=1S/C20H29BrN4O.HI/c1-22-19(25-8-5-18(14-25)24-9-11-26-12-10-24)23-15-20(6-7-20)16-3-2-4-17(21)13-16;/h2-4,13,18H,5-12,14-15H2,1H3,(H,22,23);1H. The molecule has 150 valence electrons. The number of guanidine groups is 1. The molecule has 0 spiro atoms. The summed E-state index contributed by atoms with van der Waals surface area (Å²) in [6.07, 6.45) is 3.73. The van der Waals surface area contributed by atoms with Crippen LogP contribution in [0.5, 0.6) is 0 Å². The zero-order valence-electron chi connectivity index (χ0n) is 16.0. The van der Waals surface area contributed by atoms with E-state index >= 15 is 0 Å². The molecule has 2 heterocycles. The Labute approximate surface area is 188 Å². The minimum atomic E-state index is 0. The molecule has 2 saturated heterocycles. The van der Waals surface area contributed by atoms with Gasteiger partial charge in [0.05, 0.1) is 13.2 Å².